The molecule has 0 saturated heterocycles. The molecule has 1 aromatic rings. The van der Waals surface area contributed by atoms with E-state index in [4.69, 9.17) is 9.84 Å². The van der Waals surface area contributed by atoms with Gasteiger partial charge in [0, 0.05) is 0 Å². The van der Waals surface area contributed by atoms with Crippen molar-refractivity contribution in [2.24, 2.45) is 0 Å². The van der Waals surface area contributed by atoms with Gasteiger partial charge in [0.15, 0.2) is 6.10 Å². The monoisotopic (exact) mass is 292 g/mol. The minimum absolute atomic E-state index is 0.619. The van der Waals surface area contributed by atoms with Crippen LogP contribution in [0.1, 0.15) is 64.4 Å². The van der Waals surface area contributed by atoms with E-state index in [-0.39, 0.29) is 0 Å². The van der Waals surface area contributed by atoms with Gasteiger partial charge < -0.3 is 9.84 Å². The normalized spacial score (nSPS) is 12.1. The molecule has 1 N–H and O–H groups in total. The second-order valence-electron chi connectivity index (χ2n) is 5.61. The highest BCUT2D eigenvalue weighted by atomic mass is 16.5. The SMILES string of the molecule is CCCCCCCCCc1ccc(OC(C)C(=O)O)cc1. The van der Waals surface area contributed by atoms with E-state index in [1.807, 2.05) is 24.3 Å². The summed E-state index contributed by atoms with van der Waals surface area (Å²) in [5.74, 6) is -0.324. The van der Waals surface area contributed by atoms with Crippen LogP contribution in [0.2, 0.25) is 0 Å². The van der Waals surface area contributed by atoms with Crippen LogP contribution in [0.25, 0.3) is 0 Å². The molecule has 0 saturated carbocycles. The van der Waals surface area contributed by atoms with Gasteiger partial charge in [-0.15, -0.1) is 0 Å². The molecule has 0 aromatic heterocycles. The first-order valence-corrected chi connectivity index (χ1v) is 8.12. The highest BCUT2D eigenvalue weighted by Gasteiger charge is 2.11. The maximum absolute atomic E-state index is 10.7. The van der Waals surface area contributed by atoms with Gasteiger partial charge in [-0.3, -0.25) is 0 Å². The summed E-state index contributed by atoms with van der Waals surface area (Å²) in [5.41, 5.74) is 1.29. The number of ether oxygens (including phenoxy) is 1. The van der Waals surface area contributed by atoms with Crippen molar-refractivity contribution in [1.82, 2.24) is 0 Å². The Kier molecular flexibility index (Phi) is 8.56. The van der Waals surface area contributed by atoms with Crippen molar-refractivity contribution in [2.45, 2.75) is 71.3 Å². The lowest BCUT2D eigenvalue weighted by Gasteiger charge is -2.10. The summed E-state index contributed by atoms with van der Waals surface area (Å²) in [7, 11) is 0. The van der Waals surface area contributed by atoms with Crippen molar-refractivity contribution in [1.29, 1.82) is 0 Å². The smallest absolute Gasteiger partial charge is 0.344 e. The van der Waals surface area contributed by atoms with E-state index in [1.165, 1.54) is 57.4 Å². The van der Waals surface area contributed by atoms with E-state index >= 15 is 0 Å². The Bertz CT molecular complexity index is 397. The molecular weight excluding hydrogens is 264 g/mol. The number of aryl methyl sites for hydroxylation is 1. The lowest BCUT2D eigenvalue weighted by Crippen LogP contribution is -2.22. The highest BCUT2D eigenvalue weighted by molar-refractivity contribution is 5.72. The van der Waals surface area contributed by atoms with Crippen LogP contribution in [-0.2, 0) is 11.2 Å². The van der Waals surface area contributed by atoms with Crippen LogP contribution in [-0.4, -0.2) is 17.2 Å². The minimum Gasteiger partial charge on any atom is -0.479 e. The standard InChI is InChI=1S/C18H28O3/c1-3-4-5-6-7-8-9-10-16-11-13-17(14-12-16)21-15(2)18(19)20/h11-15H,3-10H2,1-2H3,(H,19,20). The van der Waals surface area contributed by atoms with E-state index in [9.17, 15) is 4.79 Å². The number of hydrogen-bond acceptors (Lipinski definition) is 2. The molecule has 0 amide bonds. The Labute approximate surface area is 128 Å². The zero-order valence-corrected chi connectivity index (χ0v) is 13.3. The fourth-order valence-corrected chi connectivity index (χ4v) is 2.28. The van der Waals surface area contributed by atoms with Gasteiger partial charge in [0.25, 0.3) is 0 Å². The second-order valence-corrected chi connectivity index (χ2v) is 5.61. The van der Waals surface area contributed by atoms with Gasteiger partial charge in [-0.25, -0.2) is 4.79 Å². The van der Waals surface area contributed by atoms with Crippen molar-refractivity contribution in [3.05, 3.63) is 29.8 Å². The molecular formula is C18H28O3. The number of rotatable bonds is 11. The molecule has 1 atom stereocenters. The minimum atomic E-state index is -0.942. The summed E-state index contributed by atoms with van der Waals surface area (Å²) in [6.45, 7) is 3.78. The molecule has 0 fully saturated rings. The molecule has 1 aromatic carbocycles. The summed E-state index contributed by atoms with van der Waals surface area (Å²) < 4.78 is 5.31. The summed E-state index contributed by atoms with van der Waals surface area (Å²) in [4.78, 5) is 10.7. The lowest BCUT2D eigenvalue weighted by atomic mass is 10.0. The summed E-state index contributed by atoms with van der Waals surface area (Å²) >= 11 is 0. The summed E-state index contributed by atoms with van der Waals surface area (Å²) in [6.07, 6.45) is 9.50. The molecule has 118 valence electrons. The van der Waals surface area contributed by atoms with E-state index in [0.717, 1.165) is 6.42 Å². The largest absolute Gasteiger partial charge is 0.479 e. The number of carbonyl (C=O) groups is 1. The molecule has 0 aliphatic heterocycles. The van der Waals surface area contributed by atoms with E-state index in [0.29, 0.717) is 5.75 Å². The number of carboxylic acids is 1. The summed E-state index contributed by atoms with van der Waals surface area (Å²) in [6, 6.07) is 7.77. The van der Waals surface area contributed by atoms with Crippen LogP contribution in [0.15, 0.2) is 24.3 Å². The lowest BCUT2D eigenvalue weighted by molar-refractivity contribution is -0.144. The highest BCUT2D eigenvalue weighted by Crippen LogP contribution is 2.16. The molecule has 0 aliphatic rings. The molecule has 3 nitrogen and oxygen atoms in total. The number of unbranched alkanes of at least 4 members (excludes halogenated alkanes) is 6. The molecule has 1 rings (SSSR count). The van der Waals surface area contributed by atoms with E-state index in [1.54, 1.807) is 0 Å². The Hall–Kier alpha value is -1.51. The molecule has 0 bridgehead atoms. The zero-order chi connectivity index (χ0) is 15.5. The van der Waals surface area contributed by atoms with Crippen molar-refractivity contribution >= 4 is 5.97 Å². The molecule has 3 heteroatoms. The molecule has 0 spiro atoms. The van der Waals surface area contributed by atoms with Crippen molar-refractivity contribution in [2.75, 3.05) is 0 Å². The van der Waals surface area contributed by atoms with Crippen LogP contribution < -0.4 is 4.74 Å². The van der Waals surface area contributed by atoms with E-state index in [2.05, 4.69) is 6.92 Å². The van der Waals surface area contributed by atoms with Crippen molar-refractivity contribution in [3.63, 3.8) is 0 Å². The topological polar surface area (TPSA) is 46.5 Å². The van der Waals surface area contributed by atoms with Crippen LogP contribution >= 0.6 is 0 Å². The first-order chi connectivity index (χ1) is 10.1. The second kappa shape index (κ2) is 10.3. The average molecular weight is 292 g/mol. The first kappa shape index (κ1) is 17.5. The maximum atomic E-state index is 10.7. The number of aliphatic carboxylic acids is 1. The van der Waals surface area contributed by atoms with Gasteiger partial charge >= 0.3 is 5.97 Å². The van der Waals surface area contributed by atoms with Gasteiger partial charge in [-0.05, 0) is 37.5 Å². The van der Waals surface area contributed by atoms with Crippen LogP contribution in [0, 0.1) is 0 Å². The van der Waals surface area contributed by atoms with Crippen LogP contribution in [0.4, 0.5) is 0 Å². The first-order valence-electron chi connectivity index (χ1n) is 8.12. The van der Waals surface area contributed by atoms with Gasteiger partial charge in [-0.2, -0.15) is 0 Å². The summed E-state index contributed by atoms with van der Waals surface area (Å²) in [5, 5.41) is 8.79. The third-order valence-electron chi connectivity index (χ3n) is 3.65. The third-order valence-corrected chi connectivity index (χ3v) is 3.65. The molecule has 0 radical (unpaired) electrons. The quantitative estimate of drug-likeness (QED) is 0.594. The van der Waals surface area contributed by atoms with Gasteiger partial charge in [0.2, 0.25) is 0 Å². The molecule has 0 heterocycles. The maximum Gasteiger partial charge on any atom is 0.344 e. The fourth-order valence-electron chi connectivity index (χ4n) is 2.28. The molecule has 21 heavy (non-hydrogen) atoms. The predicted octanol–water partition coefficient (Wildman–Crippen LogP) is 4.83. The van der Waals surface area contributed by atoms with E-state index < -0.39 is 12.1 Å². The Morgan fingerprint density at radius 1 is 1.05 bits per heavy atom. The van der Waals surface area contributed by atoms with Crippen LogP contribution in [0.3, 0.4) is 0 Å². The van der Waals surface area contributed by atoms with Crippen molar-refractivity contribution < 1.29 is 14.6 Å². The number of carboxylic acid groups (broad SMARTS) is 1. The average Bonchev–Trinajstić information content (AvgIpc) is 2.48. The Balaban J connectivity index is 2.20. The number of benzene rings is 1. The predicted molar refractivity (Wildman–Crippen MR) is 85.9 cm³/mol. The molecule has 0 aliphatic carbocycles. The number of hydrogen-bond donors (Lipinski definition) is 1. The Morgan fingerprint density at radius 3 is 2.19 bits per heavy atom. The third kappa shape index (κ3) is 7.74. The molecule has 1 unspecified atom stereocenters. The van der Waals surface area contributed by atoms with Gasteiger partial charge in [0.1, 0.15) is 5.75 Å². The zero-order valence-electron chi connectivity index (χ0n) is 13.3. The van der Waals surface area contributed by atoms with Crippen LogP contribution in [0.5, 0.6) is 5.75 Å². The van der Waals surface area contributed by atoms with Crippen molar-refractivity contribution in [3.8, 4) is 5.75 Å². The fraction of sp³-hybridized carbons (Fsp3) is 0.611. The van der Waals surface area contributed by atoms with Gasteiger partial charge in [-0.1, -0.05) is 57.6 Å². The van der Waals surface area contributed by atoms with Gasteiger partial charge in [0.05, 0.1) is 0 Å². The Morgan fingerprint density at radius 2 is 1.62 bits per heavy atom.